The third kappa shape index (κ3) is 2.39. The van der Waals surface area contributed by atoms with E-state index in [2.05, 4.69) is 25.2 Å². The van der Waals surface area contributed by atoms with Crippen LogP contribution in [0.3, 0.4) is 0 Å². The van der Waals surface area contributed by atoms with E-state index in [1.165, 1.54) is 0 Å². The van der Waals surface area contributed by atoms with E-state index in [4.69, 9.17) is 11.6 Å². The zero-order chi connectivity index (χ0) is 15.8. The van der Waals surface area contributed by atoms with Crippen molar-refractivity contribution in [3.63, 3.8) is 0 Å². The Balaban J connectivity index is 1.81. The molecule has 0 saturated heterocycles. The SMILES string of the molecule is Oc1[nH]c2ccccc2c1N=Nc1nc2ccccc2nc1Cl. The summed E-state index contributed by atoms with van der Waals surface area (Å²) in [4.78, 5) is 11.4. The van der Waals surface area contributed by atoms with Gasteiger partial charge in [0.2, 0.25) is 11.7 Å². The number of para-hydroxylation sites is 3. The van der Waals surface area contributed by atoms with Gasteiger partial charge in [0.05, 0.1) is 16.6 Å². The maximum absolute atomic E-state index is 9.98. The Morgan fingerprint density at radius 1 is 0.913 bits per heavy atom. The molecule has 0 fully saturated rings. The minimum atomic E-state index is -0.0557. The zero-order valence-electron chi connectivity index (χ0n) is 11.7. The van der Waals surface area contributed by atoms with E-state index >= 15 is 0 Å². The second-order valence-corrected chi connectivity index (χ2v) is 5.25. The molecule has 6 nitrogen and oxygen atoms in total. The lowest BCUT2D eigenvalue weighted by Gasteiger charge is -1.99. The molecule has 7 heteroatoms. The van der Waals surface area contributed by atoms with Gasteiger partial charge in [0, 0.05) is 5.39 Å². The largest absolute Gasteiger partial charge is 0.493 e. The first-order valence-electron chi connectivity index (χ1n) is 6.86. The van der Waals surface area contributed by atoms with E-state index in [0.29, 0.717) is 16.7 Å². The molecule has 2 aromatic carbocycles. The minimum absolute atomic E-state index is 0.0557. The van der Waals surface area contributed by atoms with Crippen LogP contribution in [0.25, 0.3) is 21.9 Å². The van der Waals surface area contributed by atoms with Crippen molar-refractivity contribution in [3.05, 3.63) is 53.7 Å². The summed E-state index contributed by atoms with van der Waals surface area (Å²) in [5.41, 5.74) is 2.47. The van der Waals surface area contributed by atoms with E-state index in [-0.39, 0.29) is 16.9 Å². The summed E-state index contributed by atoms with van der Waals surface area (Å²) >= 11 is 6.10. The van der Waals surface area contributed by atoms with Gasteiger partial charge in [-0.2, -0.15) is 0 Å². The minimum Gasteiger partial charge on any atom is -0.493 e. The lowest BCUT2D eigenvalue weighted by Crippen LogP contribution is -1.85. The second-order valence-electron chi connectivity index (χ2n) is 4.89. The smallest absolute Gasteiger partial charge is 0.218 e. The molecule has 2 N–H and O–H groups in total. The predicted molar refractivity (Wildman–Crippen MR) is 88.7 cm³/mol. The van der Waals surface area contributed by atoms with Crippen LogP contribution >= 0.6 is 11.6 Å². The molecule has 0 saturated carbocycles. The van der Waals surface area contributed by atoms with Crippen molar-refractivity contribution >= 4 is 45.0 Å². The molecule has 23 heavy (non-hydrogen) atoms. The van der Waals surface area contributed by atoms with Gasteiger partial charge in [0.1, 0.15) is 0 Å². The molecule has 0 atom stereocenters. The van der Waals surface area contributed by atoms with Crippen LogP contribution in [0.15, 0.2) is 58.8 Å². The van der Waals surface area contributed by atoms with E-state index in [9.17, 15) is 5.11 Å². The van der Waals surface area contributed by atoms with Crippen LogP contribution in [0.1, 0.15) is 0 Å². The number of rotatable bonds is 2. The molecule has 0 aliphatic carbocycles. The van der Waals surface area contributed by atoms with Gasteiger partial charge in [-0.05, 0) is 18.2 Å². The van der Waals surface area contributed by atoms with Gasteiger partial charge in [0.25, 0.3) is 0 Å². The molecule has 4 aromatic rings. The molecule has 0 aliphatic heterocycles. The summed E-state index contributed by atoms with van der Waals surface area (Å²) < 4.78 is 0. The van der Waals surface area contributed by atoms with Gasteiger partial charge < -0.3 is 10.1 Å². The molecule has 112 valence electrons. The molecule has 2 heterocycles. The lowest BCUT2D eigenvalue weighted by molar-refractivity contribution is 0.459. The highest BCUT2D eigenvalue weighted by Crippen LogP contribution is 2.36. The molecule has 2 aromatic heterocycles. The fraction of sp³-hybridized carbons (Fsp3) is 0. The predicted octanol–water partition coefficient (Wildman–Crippen LogP) is 4.89. The summed E-state index contributed by atoms with van der Waals surface area (Å²) in [7, 11) is 0. The number of H-pyrrole nitrogens is 1. The number of aromatic amines is 1. The summed E-state index contributed by atoms with van der Waals surface area (Å²) in [6, 6.07) is 14.8. The van der Waals surface area contributed by atoms with E-state index in [0.717, 1.165) is 10.9 Å². The Hall–Kier alpha value is -2.99. The van der Waals surface area contributed by atoms with Crippen LogP contribution in [-0.2, 0) is 0 Å². The fourth-order valence-corrected chi connectivity index (χ4v) is 2.52. The van der Waals surface area contributed by atoms with Crippen molar-refractivity contribution in [3.8, 4) is 5.88 Å². The third-order valence-electron chi connectivity index (χ3n) is 3.42. The first-order valence-corrected chi connectivity index (χ1v) is 7.24. The topological polar surface area (TPSA) is 86.5 Å². The standard InChI is InChI=1S/C16H10ClN5O/c17-14-15(19-12-8-4-3-7-11(12)18-14)22-21-13-9-5-1-2-6-10(9)20-16(13)23/h1-8,20,23H. The molecule has 0 amide bonds. The van der Waals surface area contributed by atoms with E-state index < -0.39 is 0 Å². The highest BCUT2D eigenvalue weighted by atomic mass is 35.5. The van der Waals surface area contributed by atoms with Crippen LogP contribution in [0.2, 0.25) is 5.15 Å². The molecule has 0 bridgehead atoms. The molecule has 0 radical (unpaired) electrons. The highest BCUT2D eigenvalue weighted by Gasteiger charge is 2.11. The van der Waals surface area contributed by atoms with Gasteiger partial charge in [-0.3, -0.25) is 0 Å². The van der Waals surface area contributed by atoms with Gasteiger partial charge in [0.15, 0.2) is 10.8 Å². The van der Waals surface area contributed by atoms with Crippen molar-refractivity contribution in [2.75, 3.05) is 0 Å². The monoisotopic (exact) mass is 323 g/mol. The Morgan fingerprint density at radius 3 is 2.43 bits per heavy atom. The molecule has 0 unspecified atom stereocenters. The average Bonchev–Trinajstić information content (AvgIpc) is 2.88. The Kier molecular flexibility index (Phi) is 3.17. The number of fused-ring (bicyclic) bond motifs is 2. The first kappa shape index (κ1) is 13.7. The number of aromatic nitrogens is 3. The zero-order valence-corrected chi connectivity index (χ0v) is 12.5. The van der Waals surface area contributed by atoms with Crippen molar-refractivity contribution < 1.29 is 5.11 Å². The first-order chi connectivity index (χ1) is 11.2. The molecular weight excluding hydrogens is 314 g/mol. The van der Waals surface area contributed by atoms with Gasteiger partial charge in [-0.1, -0.05) is 41.9 Å². The fourth-order valence-electron chi connectivity index (χ4n) is 2.34. The van der Waals surface area contributed by atoms with Crippen LogP contribution in [0, 0.1) is 0 Å². The van der Waals surface area contributed by atoms with Gasteiger partial charge >= 0.3 is 0 Å². The van der Waals surface area contributed by atoms with Crippen molar-refractivity contribution in [1.82, 2.24) is 15.0 Å². The number of azo groups is 1. The maximum Gasteiger partial charge on any atom is 0.218 e. The molecule has 0 spiro atoms. The van der Waals surface area contributed by atoms with Gasteiger partial charge in [-0.15, -0.1) is 10.2 Å². The summed E-state index contributed by atoms with van der Waals surface area (Å²) in [6.07, 6.45) is 0. The number of halogens is 1. The Morgan fingerprint density at radius 2 is 1.61 bits per heavy atom. The van der Waals surface area contributed by atoms with Gasteiger partial charge in [-0.25, -0.2) is 9.97 Å². The van der Waals surface area contributed by atoms with Crippen molar-refractivity contribution in [2.24, 2.45) is 10.2 Å². The highest BCUT2D eigenvalue weighted by molar-refractivity contribution is 6.31. The van der Waals surface area contributed by atoms with Crippen molar-refractivity contribution in [1.29, 1.82) is 0 Å². The Bertz CT molecular complexity index is 1060. The molecular formula is C16H10ClN5O. The van der Waals surface area contributed by atoms with Crippen LogP contribution in [0.5, 0.6) is 5.88 Å². The van der Waals surface area contributed by atoms with Crippen LogP contribution in [-0.4, -0.2) is 20.1 Å². The number of nitrogens with one attached hydrogen (secondary N) is 1. The lowest BCUT2D eigenvalue weighted by atomic mass is 10.2. The normalized spacial score (nSPS) is 11.7. The third-order valence-corrected chi connectivity index (χ3v) is 3.67. The quantitative estimate of drug-likeness (QED) is 0.515. The van der Waals surface area contributed by atoms with Crippen LogP contribution < -0.4 is 0 Å². The number of hydrogen-bond donors (Lipinski definition) is 2. The second kappa shape index (κ2) is 5.33. The number of aromatic hydroxyl groups is 1. The molecule has 0 aliphatic rings. The number of benzene rings is 2. The van der Waals surface area contributed by atoms with Crippen molar-refractivity contribution in [2.45, 2.75) is 0 Å². The van der Waals surface area contributed by atoms with Crippen LogP contribution in [0.4, 0.5) is 11.5 Å². The Labute approximate surface area is 135 Å². The van der Waals surface area contributed by atoms with E-state index in [1.807, 2.05) is 48.5 Å². The number of hydrogen-bond acceptors (Lipinski definition) is 5. The molecule has 4 rings (SSSR count). The summed E-state index contributed by atoms with van der Waals surface area (Å²) in [6.45, 7) is 0. The maximum atomic E-state index is 9.98. The van der Waals surface area contributed by atoms with E-state index in [1.54, 1.807) is 0 Å². The summed E-state index contributed by atoms with van der Waals surface area (Å²) in [5.74, 6) is 0.148. The average molecular weight is 324 g/mol. The number of nitrogens with zero attached hydrogens (tertiary/aromatic N) is 4. The summed E-state index contributed by atoms with van der Waals surface area (Å²) in [5, 5.41) is 19.0.